The van der Waals surface area contributed by atoms with Crippen LogP contribution in [-0.4, -0.2) is 61.9 Å². The van der Waals surface area contributed by atoms with Gasteiger partial charge in [0.2, 0.25) is 10.0 Å². The Morgan fingerprint density at radius 3 is 2.13 bits per heavy atom. The molecule has 1 aromatic carbocycles. The number of carbonyl (C=O) groups excluding carboxylic acids is 1. The lowest BCUT2D eigenvalue weighted by molar-refractivity contribution is 0.0593. The highest BCUT2D eigenvalue weighted by molar-refractivity contribution is 7.89. The van der Waals surface area contributed by atoms with Crippen molar-refractivity contribution in [2.24, 2.45) is 5.92 Å². The Labute approximate surface area is 188 Å². The van der Waals surface area contributed by atoms with E-state index in [1.165, 1.54) is 16.4 Å². The third-order valence-electron chi connectivity index (χ3n) is 6.39. The van der Waals surface area contributed by atoms with Crippen molar-refractivity contribution < 1.29 is 17.9 Å². The summed E-state index contributed by atoms with van der Waals surface area (Å²) in [5, 5.41) is 0.230. The molecular weight excluding hydrogens is 447 g/mol. The van der Waals surface area contributed by atoms with Crippen molar-refractivity contribution in [1.29, 1.82) is 0 Å². The Hall–Kier alpha value is -0.860. The Kier molecular flexibility index (Phi) is 6.66. The van der Waals surface area contributed by atoms with Gasteiger partial charge in [0.1, 0.15) is 4.90 Å². The SMILES string of the molecule is CC1CCC(N(C(=O)c2cc(S(=O)(=O)N3CCOCC3)c(Cl)cc2Cl)C2CC2)CC1. The maximum Gasteiger partial charge on any atom is 0.255 e. The summed E-state index contributed by atoms with van der Waals surface area (Å²) in [5.41, 5.74) is 0.221. The smallest absolute Gasteiger partial charge is 0.255 e. The monoisotopic (exact) mass is 474 g/mol. The van der Waals surface area contributed by atoms with E-state index in [0.29, 0.717) is 19.1 Å². The largest absolute Gasteiger partial charge is 0.379 e. The van der Waals surface area contributed by atoms with Crippen LogP contribution in [0.2, 0.25) is 10.0 Å². The average molecular weight is 475 g/mol. The van der Waals surface area contributed by atoms with E-state index in [-0.39, 0.29) is 51.6 Å². The van der Waals surface area contributed by atoms with Crippen molar-refractivity contribution in [2.75, 3.05) is 26.3 Å². The predicted molar refractivity (Wildman–Crippen MR) is 117 cm³/mol. The van der Waals surface area contributed by atoms with E-state index in [1.54, 1.807) is 0 Å². The van der Waals surface area contributed by atoms with E-state index in [0.717, 1.165) is 38.5 Å². The highest BCUT2D eigenvalue weighted by Gasteiger charge is 2.40. The van der Waals surface area contributed by atoms with Gasteiger partial charge < -0.3 is 9.64 Å². The molecule has 6 nitrogen and oxygen atoms in total. The Balaban J connectivity index is 1.66. The molecule has 0 spiro atoms. The molecule has 0 N–H and O–H groups in total. The zero-order valence-electron chi connectivity index (χ0n) is 17.1. The molecule has 0 bridgehead atoms. The second-order valence-electron chi connectivity index (χ2n) is 8.64. The van der Waals surface area contributed by atoms with Crippen molar-refractivity contribution in [2.45, 2.75) is 62.4 Å². The molecule has 2 aliphatic carbocycles. The molecule has 1 aromatic rings. The number of amides is 1. The van der Waals surface area contributed by atoms with Gasteiger partial charge in [0.05, 0.1) is 28.8 Å². The molecule has 0 atom stereocenters. The molecule has 0 radical (unpaired) electrons. The van der Waals surface area contributed by atoms with Crippen LogP contribution < -0.4 is 0 Å². The number of hydrogen-bond acceptors (Lipinski definition) is 4. The van der Waals surface area contributed by atoms with Crippen molar-refractivity contribution >= 4 is 39.1 Å². The van der Waals surface area contributed by atoms with E-state index in [4.69, 9.17) is 27.9 Å². The summed E-state index contributed by atoms with van der Waals surface area (Å²) in [4.78, 5) is 15.5. The van der Waals surface area contributed by atoms with E-state index >= 15 is 0 Å². The van der Waals surface area contributed by atoms with E-state index in [9.17, 15) is 13.2 Å². The molecule has 2 saturated carbocycles. The van der Waals surface area contributed by atoms with Crippen LogP contribution in [0.4, 0.5) is 0 Å². The molecule has 3 fully saturated rings. The molecule has 9 heteroatoms. The highest BCUT2D eigenvalue weighted by atomic mass is 35.5. The number of carbonyl (C=O) groups is 1. The fourth-order valence-electron chi connectivity index (χ4n) is 4.46. The Morgan fingerprint density at radius 1 is 1.00 bits per heavy atom. The van der Waals surface area contributed by atoms with Crippen LogP contribution in [-0.2, 0) is 14.8 Å². The van der Waals surface area contributed by atoms with Gasteiger partial charge in [0.15, 0.2) is 0 Å². The Bertz CT molecular complexity index is 906. The van der Waals surface area contributed by atoms with Gasteiger partial charge in [-0.3, -0.25) is 4.79 Å². The molecule has 1 amide bonds. The topological polar surface area (TPSA) is 66.9 Å². The number of halogens is 2. The van der Waals surface area contributed by atoms with Crippen LogP contribution in [0.3, 0.4) is 0 Å². The van der Waals surface area contributed by atoms with E-state index in [2.05, 4.69) is 6.92 Å². The first-order chi connectivity index (χ1) is 14.3. The predicted octanol–water partition coefficient (Wildman–Crippen LogP) is 4.20. The van der Waals surface area contributed by atoms with Gasteiger partial charge in [-0.15, -0.1) is 0 Å². The lowest BCUT2D eigenvalue weighted by Gasteiger charge is -2.37. The summed E-state index contributed by atoms with van der Waals surface area (Å²) >= 11 is 12.7. The fraction of sp³-hybridized carbons (Fsp3) is 0.667. The first-order valence-corrected chi connectivity index (χ1v) is 12.9. The van der Waals surface area contributed by atoms with Gasteiger partial charge in [0, 0.05) is 25.2 Å². The molecule has 166 valence electrons. The molecule has 0 aromatic heterocycles. The molecular formula is C21H28Cl2N2O4S. The minimum absolute atomic E-state index is 0.0347. The van der Waals surface area contributed by atoms with Crippen LogP contribution in [0.1, 0.15) is 55.8 Å². The van der Waals surface area contributed by atoms with Gasteiger partial charge in [-0.05, 0) is 56.6 Å². The van der Waals surface area contributed by atoms with Crippen LogP contribution in [0.5, 0.6) is 0 Å². The lowest BCUT2D eigenvalue weighted by atomic mass is 9.86. The summed E-state index contributed by atoms with van der Waals surface area (Å²) in [6.45, 7) is 3.45. The summed E-state index contributed by atoms with van der Waals surface area (Å²) < 4.78 is 32.9. The fourth-order valence-corrected chi connectivity index (χ4v) is 6.70. The van der Waals surface area contributed by atoms with Crippen molar-refractivity contribution in [3.8, 4) is 0 Å². The second kappa shape index (κ2) is 8.94. The van der Waals surface area contributed by atoms with Gasteiger partial charge in [-0.2, -0.15) is 4.31 Å². The van der Waals surface area contributed by atoms with Crippen LogP contribution >= 0.6 is 23.2 Å². The Morgan fingerprint density at radius 2 is 1.57 bits per heavy atom. The first kappa shape index (κ1) is 22.3. The number of hydrogen-bond donors (Lipinski definition) is 0. The van der Waals surface area contributed by atoms with Gasteiger partial charge in [0.25, 0.3) is 5.91 Å². The summed E-state index contributed by atoms with van der Waals surface area (Å²) in [7, 11) is -3.84. The van der Waals surface area contributed by atoms with Gasteiger partial charge in [-0.1, -0.05) is 30.1 Å². The molecule has 1 heterocycles. The average Bonchev–Trinajstić information content (AvgIpc) is 3.55. The first-order valence-electron chi connectivity index (χ1n) is 10.7. The number of nitrogens with zero attached hydrogens (tertiary/aromatic N) is 2. The standard InChI is InChI=1S/C21H28Cl2N2O4S/c1-14-2-4-15(5-3-14)25(16-6-7-16)21(26)17-12-20(19(23)13-18(17)22)30(27,28)24-8-10-29-11-9-24/h12-16H,2-11H2,1H3. The highest BCUT2D eigenvalue weighted by Crippen LogP contribution is 2.38. The summed E-state index contributed by atoms with van der Waals surface area (Å²) in [5.74, 6) is 0.499. The normalized spacial score (nSPS) is 25.8. The number of benzene rings is 1. The number of ether oxygens (including phenoxy) is 1. The van der Waals surface area contributed by atoms with Crippen LogP contribution in [0.15, 0.2) is 17.0 Å². The number of rotatable bonds is 5. The second-order valence-corrected chi connectivity index (χ2v) is 11.4. The lowest BCUT2D eigenvalue weighted by Crippen LogP contribution is -2.44. The third-order valence-corrected chi connectivity index (χ3v) is 9.07. The zero-order valence-corrected chi connectivity index (χ0v) is 19.5. The third kappa shape index (κ3) is 4.51. The maximum absolute atomic E-state index is 13.6. The number of sulfonamides is 1. The minimum Gasteiger partial charge on any atom is -0.379 e. The van der Waals surface area contributed by atoms with E-state index < -0.39 is 10.0 Å². The minimum atomic E-state index is -3.84. The van der Waals surface area contributed by atoms with E-state index in [1.807, 2.05) is 4.90 Å². The molecule has 4 rings (SSSR count). The molecule has 3 aliphatic rings. The van der Waals surface area contributed by atoms with Crippen molar-refractivity contribution in [1.82, 2.24) is 9.21 Å². The zero-order chi connectivity index (χ0) is 21.5. The van der Waals surface area contributed by atoms with Crippen LogP contribution in [0, 0.1) is 5.92 Å². The summed E-state index contributed by atoms with van der Waals surface area (Å²) in [6, 6.07) is 3.17. The van der Waals surface area contributed by atoms with Crippen LogP contribution in [0.25, 0.3) is 0 Å². The maximum atomic E-state index is 13.6. The molecule has 1 saturated heterocycles. The molecule has 0 unspecified atom stereocenters. The van der Waals surface area contributed by atoms with Gasteiger partial charge in [-0.25, -0.2) is 8.42 Å². The molecule has 1 aliphatic heterocycles. The molecule has 30 heavy (non-hydrogen) atoms. The number of morpholine rings is 1. The van der Waals surface area contributed by atoms with Gasteiger partial charge >= 0.3 is 0 Å². The quantitative estimate of drug-likeness (QED) is 0.641. The van der Waals surface area contributed by atoms with Crippen molar-refractivity contribution in [3.63, 3.8) is 0 Å². The van der Waals surface area contributed by atoms with Crippen molar-refractivity contribution in [3.05, 3.63) is 27.7 Å². The summed E-state index contributed by atoms with van der Waals surface area (Å²) in [6.07, 6.45) is 6.14.